The maximum absolute atomic E-state index is 5.61. The van der Waals surface area contributed by atoms with Gasteiger partial charge in [0, 0.05) is 25.0 Å². The predicted molar refractivity (Wildman–Crippen MR) is 73.7 cm³/mol. The van der Waals surface area contributed by atoms with Crippen LogP contribution in [0.15, 0.2) is 30.3 Å². The third-order valence-electron chi connectivity index (χ3n) is 4.82. The van der Waals surface area contributed by atoms with Crippen LogP contribution in [0.25, 0.3) is 0 Å². The van der Waals surface area contributed by atoms with Crippen LogP contribution >= 0.6 is 0 Å². The Morgan fingerprint density at radius 2 is 2.06 bits per heavy atom. The quantitative estimate of drug-likeness (QED) is 0.880. The predicted octanol–water partition coefficient (Wildman–Crippen LogP) is 2.81. The summed E-state index contributed by atoms with van der Waals surface area (Å²) in [6.07, 6.45) is 4.05. The Morgan fingerprint density at radius 3 is 2.72 bits per heavy atom. The molecule has 2 unspecified atom stereocenters. The van der Waals surface area contributed by atoms with Gasteiger partial charge in [0.1, 0.15) is 0 Å². The Morgan fingerprint density at radius 1 is 1.28 bits per heavy atom. The van der Waals surface area contributed by atoms with E-state index < -0.39 is 0 Å². The fraction of sp³-hybridized carbons (Fsp3) is 0.625. The van der Waals surface area contributed by atoms with Crippen LogP contribution in [0.5, 0.6) is 0 Å². The van der Waals surface area contributed by atoms with Gasteiger partial charge in [-0.1, -0.05) is 30.3 Å². The molecule has 3 rings (SSSR count). The number of piperidine rings is 1. The largest absolute Gasteiger partial charge is 0.384 e. The molecule has 0 radical (unpaired) electrons. The van der Waals surface area contributed by atoms with Crippen molar-refractivity contribution < 1.29 is 4.74 Å². The molecule has 1 aliphatic carbocycles. The van der Waals surface area contributed by atoms with Crippen LogP contribution in [0, 0.1) is 11.3 Å². The number of hydrogen-bond acceptors (Lipinski definition) is 2. The van der Waals surface area contributed by atoms with Gasteiger partial charge in [0.05, 0.1) is 6.61 Å². The normalized spacial score (nSPS) is 32.4. The van der Waals surface area contributed by atoms with Crippen LogP contribution in [0.2, 0.25) is 0 Å². The van der Waals surface area contributed by atoms with Gasteiger partial charge in [0.2, 0.25) is 0 Å². The van der Waals surface area contributed by atoms with Crippen molar-refractivity contribution in [3.05, 3.63) is 35.9 Å². The monoisotopic (exact) mass is 245 g/mol. The van der Waals surface area contributed by atoms with Gasteiger partial charge in [-0.2, -0.15) is 0 Å². The van der Waals surface area contributed by atoms with E-state index in [2.05, 4.69) is 35.6 Å². The fourth-order valence-electron chi connectivity index (χ4n) is 3.79. The number of nitrogens with one attached hydrogen (secondary N) is 1. The topological polar surface area (TPSA) is 21.3 Å². The minimum Gasteiger partial charge on any atom is -0.384 e. The minimum absolute atomic E-state index is 0.376. The van der Waals surface area contributed by atoms with E-state index in [1.165, 1.54) is 24.8 Å². The fourth-order valence-corrected chi connectivity index (χ4v) is 3.79. The van der Waals surface area contributed by atoms with Crippen molar-refractivity contribution in [2.24, 2.45) is 11.3 Å². The summed E-state index contributed by atoms with van der Waals surface area (Å²) in [5.74, 6) is 1.49. The van der Waals surface area contributed by atoms with Crippen molar-refractivity contribution in [3.8, 4) is 0 Å². The van der Waals surface area contributed by atoms with Crippen molar-refractivity contribution in [1.29, 1.82) is 0 Å². The summed E-state index contributed by atoms with van der Waals surface area (Å²) in [6.45, 7) is 3.16. The standard InChI is InChI=1S/C16H23NO/c1-18-12-16(14-7-8-14)9-10-17-11-15(16)13-5-3-2-4-6-13/h2-6,14-15,17H,7-12H2,1H3. The maximum atomic E-state index is 5.61. The van der Waals surface area contributed by atoms with Gasteiger partial charge in [-0.25, -0.2) is 0 Å². The second-order valence-electron chi connectivity index (χ2n) is 5.86. The van der Waals surface area contributed by atoms with Gasteiger partial charge >= 0.3 is 0 Å². The lowest BCUT2D eigenvalue weighted by molar-refractivity contribution is 0.0184. The van der Waals surface area contributed by atoms with E-state index in [-0.39, 0.29) is 0 Å². The number of benzene rings is 1. The molecule has 1 heterocycles. The van der Waals surface area contributed by atoms with Crippen molar-refractivity contribution >= 4 is 0 Å². The minimum atomic E-state index is 0.376. The summed E-state index contributed by atoms with van der Waals surface area (Å²) >= 11 is 0. The molecule has 2 atom stereocenters. The Kier molecular flexibility index (Phi) is 3.40. The number of rotatable bonds is 4. The molecule has 1 aromatic rings. The Hall–Kier alpha value is -0.860. The molecule has 2 heteroatoms. The highest BCUT2D eigenvalue weighted by Gasteiger charge is 2.51. The van der Waals surface area contributed by atoms with Gasteiger partial charge in [0.15, 0.2) is 0 Å². The molecule has 2 nitrogen and oxygen atoms in total. The lowest BCUT2D eigenvalue weighted by Crippen LogP contribution is -2.47. The summed E-state index contributed by atoms with van der Waals surface area (Å²) in [4.78, 5) is 0. The van der Waals surface area contributed by atoms with E-state index in [9.17, 15) is 0 Å². The number of methoxy groups -OCH3 is 1. The first-order valence-corrected chi connectivity index (χ1v) is 7.11. The summed E-state index contributed by atoms with van der Waals surface area (Å²) in [6, 6.07) is 11.0. The molecule has 1 aromatic carbocycles. The number of ether oxygens (including phenoxy) is 1. The highest BCUT2D eigenvalue weighted by molar-refractivity contribution is 5.25. The summed E-state index contributed by atoms with van der Waals surface area (Å²) in [7, 11) is 1.86. The van der Waals surface area contributed by atoms with Crippen LogP contribution in [-0.2, 0) is 4.74 Å². The Balaban J connectivity index is 1.93. The van der Waals surface area contributed by atoms with Gasteiger partial charge in [-0.15, -0.1) is 0 Å². The molecule has 18 heavy (non-hydrogen) atoms. The van der Waals surface area contributed by atoms with Gasteiger partial charge < -0.3 is 10.1 Å². The lowest BCUT2D eigenvalue weighted by Gasteiger charge is -2.45. The van der Waals surface area contributed by atoms with Crippen molar-refractivity contribution in [3.63, 3.8) is 0 Å². The molecule has 1 N–H and O–H groups in total. The van der Waals surface area contributed by atoms with Crippen molar-refractivity contribution in [1.82, 2.24) is 5.32 Å². The first-order chi connectivity index (χ1) is 8.87. The zero-order chi connectivity index (χ0) is 12.4. The first kappa shape index (κ1) is 12.2. The SMILES string of the molecule is COCC1(C2CC2)CCNCC1c1ccccc1. The molecule has 0 aromatic heterocycles. The van der Waals surface area contributed by atoms with E-state index >= 15 is 0 Å². The van der Waals surface area contributed by atoms with Crippen molar-refractivity contribution in [2.75, 3.05) is 26.8 Å². The molecule has 1 aliphatic heterocycles. The average molecular weight is 245 g/mol. The lowest BCUT2D eigenvalue weighted by atomic mass is 9.65. The summed E-state index contributed by atoms with van der Waals surface area (Å²) < 4.78 is 5.61. The van der Waals surface area contributed by atoms with Crippen molar-refractivity contribution in [2.45, 2.75) is 25.2 Å². The third-order valence-corrected chi connectivity index (χ3v) is 4.82. The molecule has 0 spiro atoms. The van der Waals surface area contributed by atoms with Crippen LogP contribution < -0.4 is 5.32 Å². The molecule has 2 aliphatic rings. The van der Waals surface area contributed by atoms with Crippen LogP contribution in [0.4, 0.5) is 0 Å². The third kappa shape index (κ3) is 2.08. The van der Waals surface area contributed by atoms with Gasteiger partial charge in [-0.3, -0.25) is 0 Å². The smallest absolute Gasteiger partial charge is 0.0528 e. The van der Waals surface area contributed by atoms with Crippen LogP contribution in [0.1, 0.15) is 30.7 Å². The zero-order valence-electron chi connectivity index (χ0n) is 11.2. The van der Waals surface area contributed by atoms with Crippen LogP contribution in [0.3, 0.4) is 0 Å². The summed E-state index contributed by atoms with van der Waals surface area (Å²) in [5.41, 5.74) is 1.86. The molecule has 0 bridgehead atoms. The Bertz CT molecular complexity index is 383. The average Bonchev–Trinajstić information content (AvgIpc) is 3.25. The maximum Gasteiger partial charge on any atom is 0.0528 e. The van der Waals surface area contributed by atoms with E-state index in [1.54, 1.807) is 0 Å². The van der Waals surface area contributed by atoms with E-state index in [0.29, 0.717) is 11.3 Å². The van der Waals surface area contributed by atoms with E-state index in [4.69, 9.17) is 4.74 Å². The Labute approximate surface area is 110 Å². The second kappa shape index (κ2) is 5.02. The highest BCUT2D eigenvalue weighted by atomic mass is 16.5. The second-order valence-corrected chi connectivity index (χ2v) is 5.86. The molecule has 98 valence electrons. The zero-order valence-corrected chi connectivity index (χ0v) is 11.2. The molecular formula is C16H23NO. The van der Waals surface area contributed by atoms with E-state index in [0.717, 1.165) is 25.6 Å². The molecule has 1 saturated heterocycles. The van der Waals surface area contributed by atoms with Gasteiger partial charge in [-0.05, 0) is 37.3 Å². The molecule has 2 fully saturated rings. The number of hydrogen-bond donors (Lipinski definition) is 1. The van der Waals surface area contributed by atoms with Crippen LogP contribution in [-0.4, -0.2) is 26.8 Å². The highest BCUT2D eigenvalue weighted by Crippen LogP contribution is 2.56. The summed E-state index contributed by atoms with van der Waals surface area (Å²) in [5, 5.41) is 3.57. The van der Waals surface area contributed by atoms with E-state index in [1.807, 2.05) is 7.11 Å². The molecular weight excluding hydrogens is 222 g/mol. The molecule has 0 amide bonds. The van der Waals surface area contributed by atoms with Gasteiger partial charge in [0.25, 0.3) is 0 Å². The molecule has 1 saturated carbocycles. The first-order valence-electron chi connectivity index (χ1n) is 7.11.